The Morgan fingerprint density at radius 1 is 0.254 bits per heavy atom. The van der Waals surface area contributed by atoms with Gasteiger partial charge in [-0.05, 0) is 50.7 Å². The molecular formula is C67H130NO3+. The van der Waals surface area contributed by atoms with Crippen LogP contribution in [0.5, 0.6) is 17.2 Å². The highest BCUT2D eigenvalue weighted by Gasteiger charge is 2.28. The van der Waals surface area contributed by atoms with Crippen molar-refractivity contribution in [1.29, 1.82) is 0 Å². The molecular weight excluding hydrogens is 867 g/mol. The van der Waals surface area contributed by atoms with Gasteiger partial charge in [0, 0.05) is 5.56 Å². The summed E-state index contributed by atoms with van der Waals surface area (Å²) in [5.41, 5.74) is 1.38. The van der Waals surface area contributed by atoms with Gasteiger partial charge in [-0.3, -0.25) is 0 Å². The summed E-state index contributed by atoms with van der Waals surface area (Å²) in [5, 5.41) is 0. The molecule has 0 heterocycles. The van der Waals surface area contributed by atoms with Gasteiger partial charge in [-0.25, -0.2) is 0 Å². The molecule has 0 unspecified atom stereocenters. The number of nitrogens with zero attached hydrogens (tertiary/aromatic N) is 1. The Morgan fingerprint density at radius 3 is 0.704 bits per heavy atom. The molecule has 0 radical (unpaired) electrons. The lowest BCUT2D eigenvalue weighted by Gasteiger charge is -2.39. The maximum absolute atomic E-state index is 6.87. The number of quaternary nitrogens is 1. The Morgan fingerprint density at radius 2 is 0.465 bits per heavy atom. The van der Waals surface area contributed by atoms with Gasteiger partial charge in [0.2, 0.25) is 5.75 Å². The Bertz CT molecular complexity index is 1120. The first kappa shape index (κ1) is 67.6. The Balaban J connectivity index is 2.99. The van der Waals surface area contributed by atoms with Gasteiger partial charge in [0.1, 0.15) is 6.54 Å². The van der Waals surface area contributed by atoms with E-state index in [4.69, 9.17) is 14.2 Å². The number of unbranched alkanes of at least 4 members (excludes halogenated alkanes) is 42. The van der Waals surface area contributed by atoms with Crippen LogP contribution in [-0.2, 0) is 6.54 Å². The normalized spacial score (nSPS) is 11.8. The van der Waals surface area contributed by atoms with Crippen molar-refractivity contribution in [3.63, 3.8) is 0 Å². The van der Waals surface area contributed by atoms with E-state index in [-0.39, 0.29) is 0 Å². The van der Waals surface area contributed by atoms with Crippen molar-refractivity contribution in [1.82, 2.24) is 0 Å². The maximum Gasteiger partial charge on any atom is 0.203 e. The molecule has 0 spiro atoms. The summed E-state index contributed by atoms with van der Waals surface area (Å²) in [5.74, 6) is 2.77. The first-order valence-corrected chi connectivity index (χ1v) is 33.0. The van der Waals surface area contributed by atoms with Crippen LogP contribution in [0.4, 0.5) is 0 Å². The number of rotatable bonds is 59. The van der Waals surface area contributed by atoms with Crippen LogP contribution in [0.3, 0.4) is 0 Å². The zero-order chi connectivity index (χ0) is 51.2. The smallest absolute Gasteiger partial charge is 0.203 e. The zero-order valence-electron chi connectivity index (χ0n) is 49.7. The summed E-state index contributed by atoms with van der Waals surface area (Å²) in [6, 6.07) is 4.78. The van der Waals surface area contributed by atoms with E-state index in [0.717, 1.165) is 62.9 Å². The minimum Gasteiger partial charge on any atom is -0.490 e. The van der Waals surface area contributed by atoms with Crippen LogP contribution in [0.1, 0.15) is 355 Å². The fourth-order valence-corrected chi connectivity index (χ4v) is 10.9. The van der Waals surface area contributed by atoms with Gasteiger partial charge < -0.3 is 18.7 Å². The predicted molar refractivity (Wildman–Crippen MR) is 317 cm³/mol. The summed E-state index contributed by atoms with van der Waals surface area (Å²) in [7, 11) is 0. The number of benzene rings is 1. The second kappa shape index (κ2) is 53.4. The molecule has 0 amide bonds. The van der Waals surface area contributed by atoms with Crippen LogP contribution in [0.2, 0.25) is 0 Å². The molecule has 71 heavy (non-hydrogen) atoms. The minimum atomic E-state index is 0.741. The van der Waals surface area contributed by atoms with Crippen molar-refractivity contribution in [2.24, 2.45) is 0 Å². The van der Waals surface area contributed by atoms with Crippen molar-refractivity contribution in [3.05, 3.63) is 17.7 Å². The quantitative estimate of drug-likeness (QED) is 0.0481. The molecule has 0 aliphatic rings. The van der Waals surface area contributed by atoms with E-state index in [9.17, 15) is 0 Å². The van der Waals surface area contributed by atoms with Gasteiger partial charge in [0.25, 0.3) is 0 Å². The van der Waals surface area contributed by atoms with Gasteiger partial charge in [-0.1, -0.05) is 311 Å². The summed E-state index contributed by atoms with van der Waals surface area (Å²) in [4.78, 5) is 0. The van der Waals surface area contributed by atoms with Crippen LogP contribution >= 0.6 is 0 Å². The van der Waals surface area contributed by atoms with E-state index >= 15 is 0 Å². The first-order chi connectivity index (χ1) is 35.1. The van der Waals surface area contributed by atoms with Gasteiger partial charge >= 0.3 is 0 Å². The highest BCUT2D eigenvalue weighted by molar-refractivity contribution is 5.54. The van der Waals surface area contributed by atoms with Crippen LogP contribution in [-0.4, -0.2) is 43.9 Å². The van der Waals surface area contributed by atoms with Crippen molar-refractivity contribution in [2.45, 2.75) is 356 Å². The molecule has 0 N–H and O–H groups in total. The topological polar surface area (TPSA) is 27.7 Å². The minimum absolute atomic E-state index is 0.741. The monoisotopic (exact) mass is 997 g/mol. The molecule has 0 atom stereocenters. The Hall–Kier alpha value is -1.42. The van der Waals surface area contributed by atoms with Gasteiger partial charge in [0.15, 0.2) is 11.5 Å². The van der Waals surface area contributed by atoms with Crippen LogP contribution < -0.4 is 14.2 Å². The van der Waals surface area contributed by atoms with Crippen molar-refractivity contribution in [3.8, 4) is 17.2 Å². The fraction of sp³-hybridized carbons (Fsp3) is 0.910. The van der Waals surface area contributed by atoms with Crippen molar-refractivity contribution in [2.75, 3.05) is 39.5 Å². The third-order valence-electron chi connectivity index (χ3n) is 15.8. The standard InChI is InChI=1S/C67H130NO3/c1-7-13-19-22-25-28-31-34-37-40-43-46-49-52-58-69-65-61-64(63-68(55-16-10-4,56-17-11-5)57-18-12-6)62-66(70-59-53-50-47-44-41-38-35-32-29-26-23-20-14-8-2)67(65)71-60-54-51-48-45-42-39-36-33-30-27-24-21-15-9-3/h61-62H,7-60,63H2,1-6H3/q+1. The number of hydrogen-bond donors (Lipinski definition) is 0. The summed E-state index contributed by atoms with van der Waals surface area (Å²) in [6.07, 6.45) is 65.3. The second-order valence-electron chi connectivity index (χ2n) is 23.0. The summed E-state index contributed by atoms with van der Waals surface area (Å²) >= 11 is 0. The first-order valence-electron chi connectivity index (χ1n) is 33.0. The SMILES string of the molecule is CCCCCCCCCCCCCCCCOc1cc(C[N+](CCCC)(CCCC)CCCC)cc(OCCCCCCCCCCCCCCCC)c1OCCCCCCCCCCCCCCCC. The molecule has 4 heteroatoms. The molecule has 0 aromatic heterocycles. The van der Waals surface area contributed by atoms with E-state index in [2.05, 4.69) is 53.7 Å². The zero-order valence-corrected chi connectivity index (χ0v) is 49.7. The largest absolute Gasteiger partial charge is 0.490 e. The van der Waals surface area contributed by atoms with Gasteiger partial charge in [-0.2, -0.15) is 0 Å². The fourth-order valence-electron chi connectivity index (χ4n) is 10.9. The third-order valence-corrected chi connectivity index (χ3v) is 15.8. The van der Waals surface area contributed by atoms with E-state index < -0.39 is 0 Å². The van der Waals surface area contributed by atoms with Gasteiger partial charge in [-0.15, -0.1) is 0 Å². The van der Waals surface area contributed by atoms with E-state index in [1.165, 1.54) is 319 Å². The molecule has 0 aliphatic heterocycles. The Labute approximate surface area is 447 Å². The number of hydrogen-bond acceptors (Lipinski definition) is 3. The molecule has 0 fully saturated rings. The van der Waals surface area contributed by atoms with Crippen LogP contribution in [0.15, 0.2) is 12.1 Å². The molecule has 1 rings (SSSR count). The third kappa shape index (κ3) is 41.5. The van der Waals surface area contributed by atoms with Crippen molar-refractivity contribution >= 4 is 0 Å². The van der Waals surface area contributed by atoms with E-state index in [1.807, 2.05) is 0 Å². The molecule has 0 bridgehead atoms. The molecule has 0 saturated heterocycles. The molecule has 420 valence electrons. The lowest BCUT2D eigenvalue weighted by Crippen LogP contribution is -2.49. The molecule has 0 saturated carbocycles. The second-order valence-corrected chi connectivity index (χ2v) is 23.0. The van der Waals surface area contributed by atoms with Gasteiger partial charge in [0.05, 0.1) is 39.5 Å². The summed E-state index contributed by atoms with van der Waals surface area (Å²) in [6.45, 7) is 21.1. The van der Waals surface area contributed by atoms with Crippen molar-refractivity contribution < 1.29 is 18.7 Å². The number of ether oxygens (including phenoxy) is 3. The Kier molecular flexibility index (Phi) is 50.8. The average Bonchev–Trinajstić information content (AvgIpc) is 3.38. The van der Waals surface area contributed by atoms with E-state index in [0.29, 0.717) is 0 Å². The molecule has 4 nitrogen and oxygen atoms in total. The molecule has 0 aliphatic carbocycles. The lowest BCUT2D eigenvalue weighted by molar-refractivity contribution is -0.941. The highest BCUT2D eigenvalue weighted by Crippen LogP contribution is 2.41. The molecule has 1 aromatic carbocycles. The maximum atomic E-state index is 6.87. The molecule has 1 aromatic rings. The van der Waals surface area contributed by atoms with Crippen LogP contribution in [0.25, 0.3) is 0 Å². The average molecular weight is 998 g/mol. The summed E-state index contributed by atoms with van der Waals surface area (Å²) < 4.78 is 21.8. The van der Waals surface area contributed by atoms with E-state index in [1.54, 1.807) is 0 Å². The lowest BCUT2D eigenvalue weighted by atomic mass is 10.0. The highest BCUT2D eigenvalue weighted by atomic mass is 16.5. The van der Waals surface area contributed by atoms with Crippen LogP contribution in [0, 0.1) is 0 Å². The predicted octanol–water partition coefficient (Wildman–Crippen LogP) is 23.0.